The zero-order chi connectivity index (χ0) is 13.7. The Balaban J connectivity index is 3.06. The first kappa shape index (κ1) is 14.2. The number of carboxylic acids is 1. The smallest absolute Gasteiger partial charge is 0.323 e. The highest BCUT2D eigenvalue weighted by Crippen LogP contribution is 2.10. The standard InChI is InChI=1S/C12H19N3O3/c1-4-9-13-10(5-11(16)14-9)15(6-8(2)3)7-12(17)18/h5,8H,4,6-7H2,1-3H3,(H,17,18)(H,13,14,16). The molecule has 0 amide bonds. The predicted octanol–water partition coefficient (Wildman–Crippen LogP) is 0.879. The second-order valence-corrected chi connectivity index (χ2v) is 4.57. The monoisotopic (exact) mass is 253 g/mol. The summed E-state index contributed by atoms with van der Waals surface area (Å²) in [6.07, 6.45) is 0.603. The van der Waals surface area contributed by atoms with Gasteiger partial charge in [-0.15, -0.1) is 0 Å². The van der Waals surface area contributed by atoms with Gasteiger partial charge in [0, 0.05) is 19.0 Å². The zero-order valence-corrected chi connectivity index (χ0v) is 10.9. The van der Waals surface area contributed by atoms with Gasteiger partial charge in [0.05, 0.1) is 0 Å². The van der Waals surface area contributed by atoms with Crippen LogP contribution in [0.1, 0.15) is 26.6 Å². The summed E-state index contributed by atoms with van der Waals surface area (Å²) in [7, 11) is 0. The summed E-state index contributed by atoms with van der Waals surface area (Å²) < 4.78 is 0. The van der Waals surface area contributed by atoms with Gasteiger partial charge in [0.15, 0.2) is 0 Å². The molecular weight excluding hydrogens is 234 g/mol. The van der Waals surface area contributed by atoms with Crippen LogP contribution in [-0.2, 0) is 11.2 Å². The van der Waals surface area contributed by atoms with E-state index in [1.165, 1.54) is 6.07 Å². The maximum absolute atomic E-state index is 11.5. The summed E-state index contributed by atoms with van der Waals surface area (Å²) in [6.45, 7) is 6.25. The minimum Gasteiger partial charge on any atom is -0.480 e. The van der Waals surface area contributed by atoms with Gasteiger partial charge in [-0.05, 0) is 5.92 Å². The van der Waals surface area contributed by atoms with E-state index in [0.717, 1.165) is 0 Å². The number of nitrogens with one attached hydrogen (secondary N) is 1. The van der Waals surface area contributed by atoms with Crippen molar-refractivity contribution in [1.82, 2.24) is 9.97 Å². The van der Waals surface area contributed by atoms with Gasteiger partial charge in [0.1, 0.15) is 18.2 Å². The number of aliphatic carboxylic acids is 1. The number of aryl methyl sites for hydroxylation is 1. The molecule has 0 aromatic carbocycles. The fourth-order valence-corrected chi connectivity index (χ4v) is 1.67. The van der Waals surface area contributed by atoms with Crippen LogP contribution in [0.2, 0.25) is 0 Å². The van der Waals surface area contributed by atoms with Gasteiger partial charge >= 0.3 is 5.97 Å². The molecule has 0 saturated carbocycles. The Kier molecular flexibility index (Phi) is 4.88. The molecule has 0 aliphatic heterocycles. The largest absolute Gasteiger partial charge is 0.480 e. The normalized spacial score (nSPS) is 10.7. The van der Waals surface area contributed by atoms with Crippen molar-refractivity contribution >= 4 is 11.8 Å². The molecule has 0 radical (unpaired) electrons. The number of nitrogens with zero attached hydrogens (tertiary/aromatic N) is 2. The second-order valence-electron chi connectivity index (χ2n) is 4.57. The maximum Gasteiger partial charge on any atom is 0.323 e. The van der Waals surface area contributed by atoms with Crippen LogP contribution in [0.15, 0.2) is 10.9 Å². The van der Waals surface area contributed by atoms with Crippen molar-refractivity contribution in [1.29, 1.82) is 0 Å². The Morgan fingerprint density at radius 3 is 2.72 bits per heavy atom. The molecular formula is C12H19N3O3. The predicted molar refractivity (Wildman–Crippen MR) is 68.9 cm³/mol. The Bertz CT molecular complexity index is 468. The molecule has 6 heteroatoms. The molecule has 2 N–H and O–H groups in total. The number of aromatic nitrogens is 2. The molecule has 0 fully saturated rings. The number of aromatic amines is 1. The van der Waals surface area contributed by atoms with Crippen LogP contribution in [0.25, 0.3) is 0 Å². The summed E-state index contributed by atoms with van der Waals surface area (Å²) in [4.78, 5) is 30.8. The van der Waals surface area contributed by atoms with Crippen molar-refractivity contribution in [3.8, 4) is 0 Å². The van der Waals surface area contributed by atoms with E-state index in [1.54, 1.807) is 4.90 Å². The quantitative estimate of drug-likeness (QED) is 0.786. The summed E-state index contributed by atoms with van der Waals surface area (Å²) >= 11 is 0. The van der Waals surface area contributed by atoms with E-state index in [1.807, 2.05) is 20.8 Å². The molecule has 100 valence electrons. The van der Waals surface area contributed by atoms with E-state index in [0.29, 0.717) is 24.6 Å². The number of hydrogen-bond donors (Lipinski definition) is 2. The number of carboxylic acid groups (broad SMARTS) is 1. The Morgan fingerprint density at radius 2 is 2.22 bits per heavy atom. The third-order valence-electron chi connectivity index (χ3n) is 2.35. The highest BCUT2D eigenvalue weighted by molar-refractivity contribution is 5.73. The molecule has 0 aliphatic rings. The van der Waals surface area contributed by atoms with Gasteiger partial charge in [-0.25, -0.2) is 4.98 Å². The Morgan fingerprint density at radius 1 is 1.56 bits per heavy atom. The molecule has 1 aromatic rings. The van der Waals surface area contributed by atoms with Gasteiger partial charge in [-0.3, -0.25) is 9.59 Å². The van der Waals surface area contributed by atoms with Gasteiger partial charge in [-0.1, -0.05) is 20.8 Å². The molecule has 1 rings (SSSR count). The van der Waals surface area contributed by atoms with E-state index < -0.39 is 5.97 Å². The van der Waals surface area contributed by atoms with Crippen molar-refractivity contribution in [3.63, 3.8) is 0 Å². The fraction of sp³-hybridized carbons (Fsp3) is 0.583. The van der Waals surface area contributed by atoms with Crippen molar-refractivity contribution in [2.45, 2.75) is 27.2 Å². The van der Waals surface area contributed by atoms with Crippen LogP contribution < -0.4 is 10.5 Å². The van der Waals surface area contributed by atoms with Crippen LogP contribution >= 0.6 is 0 Å². The SMILES string of the molecule is CCc1nc(N(CC(=O)O)CC(C)C)cc(=O)[nH]1. The molecule has 0 aliphatic carbocycles. The topological polar surface area (TPSA) is 86.3 Å². The molecule has 0 atom stereocenters. The van der Waals surface area contributed by atoms with Crippen LogP contribution in [0.5, 0.6) is 0 Å². The lowest BCUT2D eigenvalue weighted by Crippen LogP contribution is -2.34. The minimum absolute atomic E-state index is 0.155. The molecule has 1 aromatic heterocycles. The first-order chi connectivity index (χ1) is 8.42. The first-order valence-electron chi connectivity index (χ1n) is 5.99. The number of rotatable bonds is 6. The third kappa shape index (κ3) is 4.20. The van der Waals surface area contributed by atoms with Gasteiger partial charge < -0.3 is 15.0 Å². The van der Waals surface area contributed by atoms with Crippen molar-refractivity contribution in [3.05, 3.63) is 22.2 Å². The number of carbonyl (C=O) groups is 1. The highest BCUT2D eigenvalue weighted by atomic mass is 16.4. The number of H-pyrrole nitrogens is 1. The van der Waals surface area contributed by atoms with E-state index >= 15 is 0 Å². The van der Waals surface area contributed by atoms with E-state index in [-0.39, 0.29) is 18.0 Å². The average Bonchev–Trinajstić information content (AvgIpc) is 2.26. The van der Waals surface area contributed by atoms with Crippen molar-refractivity contribution in [2.24, 2.45) is 5.92 Å². The maximum atomic E-state index is 11.5. The summed E-state index contributed by atoms with van der Waals surface area (Å²) in [5, 5.41) is 8.90. The van der Waals surface area contributed by atoms with E-state index in [2.05, 4.69) is 9.97 Å². The average molecular weight is 253 g/mol. The summed E-state index contributed by atoms with van der Waals surface area (Å²) in [6, 6.07) is 1.34. The molecule has 1 heterocycles. The molecule has 18 heavy (non-hydrogen) atoms. The Hall–Kier alpha value is -1.85. The Labute approximate surface area is 106 Å². The minimum atomic E-state index is -0.934. The molecule has 6 nitrogen and oxygen atoms in total. The van der Waals surface area contributed by atoms with Crippen LogP contribution in [0.3, 0.4) is 0 Å². The summed E-state index contributed by atoms with van der Waals surface area (Å²) in [5.74, 6) is 0.342. The van der Waals surface area contributed by atoms with E-state index in [9.17, 15) is 9.59 Å². The molecule has 0 bridgehead atoms. The highest BCUT2D eigenvalue weighted by Gasteiger charge is 2.14. The lowest BCUT2D eigenvalue weighted by atomic mass is 10.2. The zero-order valence-electron chi connectivity index (χ0n) is 10.9. The first-order valence-corrected chi connectivity index (χ1v) is 5.99. The van der Waals surface area contributed by atoms with E-state index in [4.69, 9.17) is 5.11 Å². The lowest BCUT2D eigenvalue weighted by molar-refractivity contribution is -0.135. The molecule has 0 spiro atoms. The summed E-state index contributed by atoms with van der Waals surface area (Å²) in [5.41, 5.74) is -0.254. The number of anilines is 1. The molecule has 0 saturated heterocycles. The fourth-order valence-electron chi connectivity index (χ4n) is 1.67. The third-order valence-corrected chi connectivity index (χ3v) is 2.35. The number of hydrogen-bond acceptors (Lipinski definition) is 4. The van der Waals surface area contributed by atoms with Gasteiger partial charge in [0.2, 0.25) is 0 Å². The van der Waals surface area contributed by atoms with Crippen molar-refractivity contribution < 1.29 is 9.90 Å². The van der Waals surface area contributed by atoms with Crippen LogP contribution in [0, 0.1) is 5.92 Å². The lowest BCUT2D eigenvalue weighted by Gasteiger charge is -2.23. The van der Waals surface area contributed by atoms with Crippen molar-refractivity contribution in [2.75, 3.05) is 18.0 Å². The van der Waals surface area contributed by atoms with Gasteiger partial charge in [0.25, 0.3) is 5.56 Å². The van der Waals surface area contributed by atoms with Crippen LogP contribution in [0.4, 0.5) is 5.82 Å². The molecule has 0 unspecified atom stereocenters. The second kappa shape index (κ2) is 6.18. The van der Waals surface area contributed by atoms with Crippen LogP contribution in [-0.4, -0.2) is 34.1 Å². The van der Waals surface area contributed by atoms with Gasteiger partial charge in [-0.2, -0.15) is 0 Å².